The summed E-state index contributed by atoms with van der Waals surface area (Å²) in [5.41, 5.74) is 0.0406. The van der Waals surface area contributed by atoms with E-state index in [4.69, 9.17) is 9.47 Å². The number of rotatable bonds is 2. The van der Waals surface area contributed by atoms with Crippen molar-refractivity contribution in [3.63, 3.8) is 0 Å². The summed E-state index contributed by atoms with van der Waals surface area (Å²) in [6.07, 6.45) is 1.22. The van der Waals surface area contributed by atoms with Gasteiger partial charge >= 0.3 is 6.09 Å². The van der Waals surface area contributed by atoms with Crippen LogP contribution in [-0.2, 0) is 4.74 Å². The van der Waals surface area contributed by atoms with Crippen LogP contribution in [0, 0.1) is 6.92 Å². The van der Waals surface area contributed by atoms with E-state index < -0.39 is 5.60 Å². The van der Waals surface area contributed by atoms with Gasteiger partial charge in [0.15, 0.2) is 0 Å². The van der Waals surface area contributed by atoms with Crippen molar-refractivity contribution in [2.75, 3.05) is 6.54 Å². The number of ether oxygens (including phenoxy) is 2. The molecule has 0 aliphatic carbocycles. The van der Waals surface area contributed by atoms with Gasteiger partial charge in [-0.3, -0.25) is 0 Å². The average Bonchev–Trinajstić information content (AvgIpc) is 2.38. The van der Waals surface area contributed by atoms with Crippen molar-refractivity contribution in [3.05, 3.63) is 17.8 Å². The molecule has 23 heavy (non-hydrogen) atoms. The Morgan fingerprint density at radius 2 is 2.00 bits per heavy atom. The topological polar surface area (TPSA) is 64.5 Å². The molecule has 1 saturated heterocycles. The van der Waals surface area contributed by atoms with Gasteiger partial charge in [0.25, 0.3) is 0 Å². The van der Waals surface area contributed by atoms with Crippen molar-refractivity contribution in [2.24, 2.45) is 0 Å². The normalized spacial score (nSPS) is 21.0. The first-order valence-corrected chi connectivity index (χ1v) is 8.04. The number of nitrogens with zero attached hydrogens (tertiary/aromatic N) is 3. The molecule has 1 amide bonds. The number of aryl methyl sites for hydroxylation is 1. The van der Waals surface area contributed by atoms with Gasteiger partial charge in [-0.1, -0.05) is 0 Å². The maximum Gasteiger partial charge on any atom is 0.410 e. The van der Waals surface area contributed by atoms with Crippen LogP contribution in [0.15, 0.2) is 12.1 Å². The molecule has 2 heterocycles. The Balaban J connectivity index is 1.99. The third-order valence-electron chi connectivity index (χ3n) is 3.81. The van der Waals surface area contributed by atoms with Crippen molar-refractivity contribution in [1.29, 1.82) is 0 Å². The standard InChI is InChI=1S/C17H27N3O3/c1-12-7-8-14(19-18-12)22-13-9-10-20(17(5,6)11-13)15(21)23-16(2,3)4/h7-8,13H,9-11H2,1-6H3. The van der Waals surface area contributed by atoms with Crippen molar-refractivity contribution in [2.45, 2.75) is 71.6 Å². The van der Waals surface area contributed by atoms with Crippen molar-refractivity contribution in [1.82, 2.24) is 15.1 Å². The molecule has 6 nitrogen and oxygen atoms in total. The summed E-state index contributed by atoms with van der Waals surface area (Å²) < 4.78 is 11.4. The molecule has 1 aliphatic heterocycles. The van der Waals surface area contributed by atoms with Crippen LogP contribution in [0.1, 0.15) is 53.2 Å². The van der Waals surface area contributed by atoms with Gasteiger partial charge in [-0.2, -0.15) is 5.10 Å². The number of likely N-dealkylation sites (tertiary alicyclic amines) is 1. The maximum absolute atomic E-state index is 12.4. The summed E-state index contributed by atoms with van der Waals surface area (Å²) in [4.78, 5) is 14.2. The number of hydrogen-bond acceptors (Lipinski definition) is 5. The summed E-state index contributed by atoms with van der Waals surface area (Å²) in [7, 11) is 0. The predicted octanol–water partition coefficient (Wildman–Crippen LogP) is 3.34. The predicted molar refractivity (Wildman–Crippen MR) is 87.4 cm³/mol. The Hall–Kier alpha value is -1.85. The van der Waals surface area contributed by atoms with E-state index in [1.165, 1.54) is 0 Å². The maximum atomic E-state index is 12.4. The third kappa shape index (κ3) is 4.81. The fourth-order valence-corrected chi connectivity index (χ4v) is 2.72. The summed E-state index contributed by atoms with van der Waals surface area (Å²) in [5, 5.41) is 8.05. The van der Waals surface area contributed by atoms with Crippen LogP contribution in [0.3, 0.4) is 0 Å². The highest BCUT2D eigenvalue weighted by Crippen LogP contribution is 2.31. The molecule has 6 heteroatoms. The van der Waals surface area contributed by atoms with Crippen LogP contribution in [-0.4, -0.2) is 45.0 Å². The van der Waals surface area contributed by atoms with E-state index in [0.29, 0.717) is 12.4 Å². The van der Waals surface area contributed by atoms with Gasteiger partial charge < -0.3 is 14.4 Å². The molecule has 1 aromatic rings. The highest BCUT2D eigenvalue weighted by molar-refractivity contribution is 5.69. The fraction of sp³-hybridized carbons (Fsp3) is 0.706. The van der Waals surface area contributed by atoms with E-state index in [9.17, 15) is 4.79 Å². The molecule has 0 radical (unpaired) electrons. The summed E-state index contributed by atoms with van der Waals surface area (Å²) >= 11 is 0. The molecule has 1 aliphatic rings. The van der Waals surface area contributed by atoms with Gasteiger partial charge in [-0.05, 0) is 47.6 Å². The van der Waals surface area contributed by atoms with E-state index in [-0.39, 0.29) is 17.7 Å². The number of hydrogen-bond donors (Lipinski definition) is 0. The first kappa shape index (κ1) is 17.5. The van der Waals surface area contributed by atoms with Gasteiger partial charge in [0.05, 0.1) is 5.69 Å². The molecule has 0 spiro atoms. The SMILES string of the molecule is Cc1ccc(OC2CCN(C(=O)OC(C)(C)C)C(C)(C)C2)nn1. The number of carbonyl (C=O) groups excluding carboxylic acids is 1. The summed E-state index contributed by atoms with van der Waals surface area (Å²) in [5.74, 6) is 0.530. The molecule has 0 aromatic carbocycles. The smallest absolute Gasteiger partial charge is 0.410 e. The van der Waals surface area contributed by atoms with Gasteiger partial charge in [0.2, 0.25) is 5.88 Å². The zero-order valence-corrected chi connectivity index (χ0v) is 14.9. The lowest BCUT2D eigenvalue weighted by atomic mass is 9.89. The molecule has 1 unspecified atom stereocenters. The lowest BCUT2D eigenvalue weighted by molar-refractivity contribution is -0.0269. The molecule has 0 N–H and O–H groups in total. The second-order valence-corrected chi connectivity index (χ2v) is 7.69. The largest absolute Gasteiger partial charge is 0.473 e. The van der Waals surface area contributed by atoms with Crippen LogP contribution in [0.5, 0.6) is 5.88 Å². The van der Waals surface area contributed by atoms with E-state index in [1.54, 1.807) is 4.90 Å². The zero-order chi connectivity index (χ0) is 17.3. The summed E-state index contributed by atoms with van der Waals surface area (Å²) in [6, 6.07) is 3.71. The van der Waals surface area contributed by atoms with E-state index in [0.717, 1.165) is 18.5 Å². The molecule has 1 aromatic heterocycles. The lowest BCUT2D eigenvalue weighted by Gasteiger charge is -2.45. The van der Waals surface area contributed by atoms with E-state index >= 15 is 0 Å². The van der Waals surface area contributed by atoms with Gasteiger partial charge in [-0.25, -0.2) is 4.79 Å². The minimum absolute atomic E-state index is 0.0145. The van der Waals surface area contributed by atoms with Gasteiger partial charge in [0.1, 0.15) is 11.7 Å². The molecule has 1 fully saturated rings. The Bertz CT molecular complexity index is 549. The lowest BCUT2D eigenvalue weighted by Crippen LogP contribution is -2.56. The monoisotopic (exact) mass is 321 g/mol. The second-order valence-electron chi connectivity index (χ2n) is 7.69. The third-order valence-corrected chi connectivity index (χ3v) is 3.81. The highest BCUT2D eigenvalue weighted by atomic mass is 16.6. The molecule has 1 atom stereocenters. The number of piperidine rings is 1. The first-order chi connectivity index (χ1) is 10.6. The van der Waals surface area contributed by atoms with Crippen molar-refractivity contribution < 1.29 is 14.3 Å². The highest BCUT2D eigenvalue weighted by Gasteiger charge is 2.40. The van der Waals surface area contributed by atoms with Crippen LogP contribution in [0.25, 0.3) is 0 Å². The number of carbonyl (C=O) groups is 1. The Labute approximate surface area is 138 Å². The quantitative estimate of drug-likeness (QED) is 0.836. The van der Waals surface area contributed by atoms with Crippen LogP contribution >= 0.6 is 0 Å². The number of amides is 1. The Kier molecular flexibility index (Phi) is 4.82. The van der Waals surface area contributed by atoms with Crippen LogP contribution in [0.4, 0.5) is 4.79 Å². The Morgan fingerprint density at radius 3 is 2.52 bits per heavy atom. The van der Waals surface area contributed by atoms with E-state index in [1.807, 2.05) is 53.7 Å². The minimum atomic E-state index is -0.488. The second kappa shape index (κ2) is 6.34. The van der Waals surface area contributed by atoms with Crippen molar-refractivity contribution in [3.8, 4) is 5.88 Å². The van der Waals surface area contributed by atoms with Crippen LogP contribution < -0.4 is 4.74 Å². The molecule has 2 rings (SSSR count). The molecular weight excluding hydrogens is 294 g/mol. The molecular formula is C17H27N3O3. The molecule has 0 saturated carbocycles. The molecule has 0 bridgehead atoms. The minimum Gasteiger partial charge on any atom is -0.473 e. The fourth-order valence-electron chi connectivity index (χ4n) is 2.72. The van der Waals surface area contributed by atoms with Gasteiger partial charge in [-0.15, -0.1) is 5.10 Å². The zero-order valence-electron chi connectivity index (χ0n) is 14.9. The first-order valence-electron chi connectivity index (χ1n) is 8.04. The van der Waals surface area contributed by atoms with E-state index in [2.05, 4.69) is 10.2 Å². The van der Waals surface area contributed by atoms with Gasteiger partial charge in [0, 0.05) is 31.0 Å². The average molecular weight is 321 g/mol. The Morgan fingerprint density at radius 1 is 1.30 bits per heavy atom. The van der Waals surface area contributed by atoms with Crippen LogP contribution in [0.2, 0.25) is 0 Å². The number of aromatic nitrogens is 2. The summed E-state index contributed by atoms with van der Waals surface area (Å²) in [6.45, 7) is 12.2. The molecule has 128 valence electrons. The van der Waals surface area contributed by atoms with Crippen molar-refractivity contribution >= 4 is 6.09 Å².